The number of carboxylic acids is 1. The first-order valence-corrected chi connectivity index (χ1v) is 6.94. The number of carboxylic acid groups (broad SMARTS) is 1. The predicted molar refractivity (Wildman–Crippen MR) is 71.7 cm³/mol. The first kappa shape index (κ1) is 16.3. The molecule has 112 valence electrons. The number of ether oxygens (including phenoxy) is 1. The van der Waals surface area contributed by atoms with Crippen molar-refractivity contribution in [2.24, 2.45) is 5.92 Å². The van der Waals surface area contributed by atoms with Crippen LogP contribution in [-0.2, 0) is 14.3 Å². The summed E-state index contributed by atoms with van der Waals surface area (Å²) < 4.78 is 5.86. The minimum absolute atomic E-state index is 0.151. The molecule has 0 aliphatic heterocycles. The molecule has 0 aromatic carbocycles. The number of hydrogen-bond donors (Lipinski definition) is 2. The summed E-state index contributed by atoms with van der Waals surface area (Å²) in [6, 6.07) is -0.817. The Morgan fingerprint density at radius 1 is 1.50 bits per heavy atom. The number of rotatable bonds is 7. The summed E-state index contributed by atoms with van der Waals surface area (Å²) in [7, 11) is 1.24. The van der Waals surface area contributed by atoms with Gasteiger partial charge in [-0.1, -0.05) is 25.6 Å². The van der Waals surface area contributed by atoms with Crippen molar-refractivity contribution in [3.63, 3.8) is 0 Å². The van der Waals surface area contributed by atoms with Gasteiger partial charge >= 0.3 is 17.6 Å². The van der Waals surface area contributed by atoms with Crippen LogP contribution in [0.5, 0.6) is 0 Å². The summed E-state index contributed by atoms with van der Waals surface area (Å²) in [5, 5.41) is 14.8. The van der Waals surface area contributed by atoms with E-state index in [2.05, 4.69) is 10.2 Å². The third-order valence-corrected chi connectivity index (χ3v) is 3.41. The van der Waals surface area contributed by atoms with Crippen LogP contribution in [0.15, 0.2) is 9.95 Å². The van der Waals surface area contributed by atoms with Crippen LogP contribution < -0.4 is 5.69 Å². The number of nitrogens with one attached hydrogen (secondary N) is 1. The van der Waals surface area contributed by atoms with E-state index in [0.29, 0.717) is 6.42 Å². The molecule has 0 radical (unpaired) electrons. The topological polar surface area (TPSA) is 114 Å². The maximum Gasteiger partial charge on any atom is 0.344 e. The molecule has 0 saturated carbocycles. The molecule has 1 heterocycles. The summed E-state index contributed by atoms with van der Waals surface area (Å²) in [6.07, 6.45) is 0.396. The first-order chi connectivity index (χ1) is 9.36. The highest BCUT2D eigenvalue weighted by molar-refractivity contribution is 7.99. The molecular formula is C11H17N3O5S. The molecule has 0 aliphatic rings. The zero-order chi connectivity index (χ0) is 15.3. The summed E-state index contributed by atoms with van der Waals surface area (Å²) in [5.74, 6) is -1.69. The van der Waals surface area contributed by atoms with E-state index in [1.807, 2.05) is 13.8 Å². The van der Waals surface area contributed by atoms with Crippen molar-refractivity contribution < 1.29 is 19.4 Å². The maximum atomic E-state index is 11.8. The standard InChI is InChI=1S/C11H17N3O5S/c1-6(2)4-7(9(17)19-3)14-10(18)12-13-11(14)20-5-8(15)16/h6-7H,4-5H2,1-3H3,(H,12,18)(H,15,16). The smallest absolute Gasteiger partial charge is 0.344 e. The van der Waals surface area contributed by atoms with Gasteiger partial charge in [0.25, 0.3) is 0 Å². The highest BCUT2D eigenvalue weighted by Crippen LogP contribution is 2.23. The van der Waals surface area contributed by atoms with Gasteiger partial charge in [0, 0.05) is 0 Å². The Morgan fingerprint density at radius 3 is 2.65 bits per heavy atom. The lowest BCUT2D eigenvalue weighted by atomic mass is 10.0. The molecule has 1 aromatic rings. The van der Waals surface area contributed by atoms with E-state index in [1.54, 1.807) is 0 Å². The van der Waals surface area contributed by atoms with Crippen LogP contribution >= 0.6 is 11.8 Å². The Hall–Kier alpha value is -1.77. The maximum absolute atomic E-state index is 11.8. The fourth-order valence-corrected chi connectivity index (χ4v) is 2.39. The van der Waals surface area contributed by atoms with Crippen molar-refractivity contribution in [3.05, 3.63) is 10.5 Å². The second-order valence-electron chi connectivity index (χ2n) is 4.53. The van der Waals surface area contributed by atoms with E-state index in [4.69, 9.17) is 9.84 Å². The Morgan fingerprint density at radius 2 is 2.15 bits per heavy atom. The number of carbonyl (C=O) groups is 2. The second-order valence-corrected chi connectivity index (χ2v) is 5.47. The number of H-pyrrole nitrogens is 1. The minimum Gasteiger partial charge on any atom is -0.481 e. The Kier molecular flexibility index (Phi) is 5.81. The molecule has 0 saturated heterocycles. The van der Waals surface area contributed by atoms with Crippen molar-refractivity contribution in [2.75, 3.05) is 12.9 Å². The van der Waals surface area contributed by atoms with Gasteiger partial charge in [0.05, 0.1) is 12.9 Å². The van der Waals surface area contributed by atoms with Crippen molar-refractivity contribution in [2.45, 2.75) is 31.5 Å². The zero-order valence-electron chi connectivity index (χ0n) is 11.5. The van der Waals surface area contributed by atoms with Gasteiger partial charge in [0.1, 0.15) is 6.04 Å². The van der Waals surface area contributed by atoms with Gasteiger partial charge in [-0.3, -0.25) is 9.36 Å². The van der Waals surface area contributed by atoms with Crippen LogP contribution in [-0.4, -0.2) is 44.7 Å². The van der Waals surface area contributed by atoms with Crippen LogP contribution in [0.2, 0.25) is 0 Å². The van der Waals surface area contributed by atoms with Crippen LogP contribution in [0.3, 0.4) is 0 Å². The molecule has 0 fully saturated rings. The number of hydrogen-bond acceptors (Lipinski definition) is 6. The largest absolute Gasteiger partial charge is 0.481 e. The number of esters is 1. The first-order valence-electron chi connectivity index (χ1n) is 5.96. The van der Waals surface area contributed by atoms with Crippen LogP contribution in [0.4, 0.5) is 0 Å². The predicted octanol–water partition coefficient (Wildman–Crippen LogP) is 0.508. The van der Waals surface area contributed by atoms with Gasteiger partial charge in [-0.25, -0.2) is 14.7 Å². The van der Waals surface area contributed by atoms with E-state index < -0.39 is 23.7 Å². The third-order valence-electron chi connectivity index (χ3n) is 2.48. The fourth-order valence-electron chi connectivity index (χ4n) is 1.68. The molecule has 1 atom stereocenters. The van der Waals surface area contributed by atoms with Crippen molar-refractivity contribution in [1.82, 2.24) is 14.8 Å². The van der Waals surface area contributed by atoms with Gasteiger partial charge in [-0.2, -0.15) is 0 Å². The van der Waals surface area contributed by atoms with Crippen molar-refractivity contribution in [3.8, 4) is 0 Å². The van der Waals surface area contributed by atoms with E-state index in [1.165, 1.54) is 7.11 Å². The van der Waals surface area contributed by atoms with Gasteiger partial charge < -0.3 is 9.84 Å². The zero-order valence-corrected chi connectivity index (χ0v) is 12.3. The highest BCUT2D eigenvalue weighted by Gasteiger charge is 2.27. The number of aliphatic carboxylic acids is 1. The Balaban J connectivity index is 3.11. The van der Waals surface area contributed by atoms with Crippen LogP contribution in [0.1, 0.15) is 26.3 Å². The molecule has 0 amide bonds. The van der Waals surface area contributed by atoms with Gasteiger partial charge in [-0.15, -0.1) is 5.10 Å². The average Bonchev–Trinajstić information content (AvgIpc) is 2.73. The molecule has 1 unspecified atom stereocenters. The number of aromatic amines is 1. The summed E-state index contributed by atoms with van der Waals surface area (Å²) in [6.45, 7) is 3.82. The summed E-state index contributed by atoms with van der Waals surface area (Å²) >= 11 is 0.873. The summed E-state index contributed by atoms with van der Waals surface area (Å²) in [5.41, 5.74) is -0.561. The molecule has 2 N–H and O–H groups in total. The molecule has 1 aromatic heterocycles. The number of methoxy groups -OCH3 is 1. The Labute approximate surface area is 119 Å². The molecule has 8 nitrogen and oxygen atoms in total. The van der Waals surface area contributed by atoms with E-state index in [-0.39, 0.29) is 16.8 Å². The SMILES string of the molecule is COC(=O)C(CC(C)C)n1c(SCC(=O)O)n[nH]c1=O. The van der Waals surface area contributed by atoms with Crippen LogP contribution in [0.25, 0.3) is 0 Å². The number of nitrogens with zero attached hydrogens (tertiary/aromatic N) is 2. The van der Waals surface area contributed by atoms with Crippen molar-refractivity contribution in [1.29, 1.82) is 0 Å². The third kappa shape index (κ3) is 4.12. The molecule has 0 spiro atoms. The highest BCUT2D eigenvalue weighted by atomic mass is 32.2. The van der Waals surface area contributed by atoms with E-state index >= 15 is 0 Å². The molecule has 0 aliphatic carbocycles. The second kappa shape index (κ2) is 7.13. The Bertz CT molecular complexity index is 536. The van der Waals surface area contributed by atoms with Gasteiger partial charge in [-0.05, 0) is 12.3 Å². The quantitative estimate of drug-likeness (QED) is 0.557. The van der Waals surface area contributed by atoms with Crippen LogP contribution in [0, 0.1) is 5.92 Å². The lowest BCUT2D eigenvalue weighted by molar-refractivity contribution is -0.145. The minimum atomic E-state index is -1.03. The molecule has 1 rings (SSSR count). The molecule has 20 heavy (non-hydrogen) atoms. The number of thioether (sulfide) groups is 1. The van der Waals surface area contributed by atoms with E-state index in [0.717, 1.165) is 16.3 Å². The fraction of sp³-hybridized carbons (Fsp3) is 0.636. The summed E-state index contributed by atoms with van der Waals surface area (Å²) in [4.78, 5) is 34.2. The lowest BCUT2D eigenvalue weighted by Gasteiger charge is -2.18. The normalized spacial score (nSPS) is 12.4. The van der Waals surface area contributed by atoms with Gasteiger partial charge in [0.2, 0.25) is 0 Å². The van der Waals surface area contributed by atoms with E-state index in [9.17, 15) is 14.4 Å². The average molecular weight is 303 g/mol. The molecular weight excluding hydrogens is 286 g/mol. The number of aromatic nitrogens is 3. The molecule has 9 heteroatoms. The monoisotopic (exact) mass is 303 g/mol. The number of carbonyl (C=O) groups excluding carboxylic acids is 1. The van der Waals surface area contributed by atoms with Crippen molar-refractivity contribution >= 4 is 23.7 Å². The lowest BCUT2D eigenvalue weighted by Crippen LogP contribution is -2.30. The molecule has 0 bridgehead atoms. The van der Waals surface area contributed by atoms with Gasteiger partial charge in [0.15, 0.2) is 5.16 Å².